The summed E-state index contributed by atoms with van der Waals surface area (Å²) in [7, 11) is 4.64. The van der Waals surface area contributed by atoms with Gasteiger partial charge in [0.05, 0.1) is 21.3 Å². The second-order valence-electron chi connectivity index (χ2n) is 8.37. The Bertz CT molecular complexity index is 960. The fraction of sp³-hybridized carbons (Fsp3) is 0.542. The van der Waals surface area contributed by atoms with Crippen LogP contribution >= 0.6 is 0 Å². The number of piperidine rings is 1. The van der Waals surface area contributed by atoms with Gasteiger partial charge in [-0.05, 0) is 38.3 Å². The molecule has 1 aromatic heterocycles. The third-order valence-electron chi connectivity index (χ3n) is 6.29. The normalized spacial score (nSPS) is 16.5. The molecule has 4 rings (SSSR count). The van der Waals surface area contributed by atoms with Crippen LogP contribution in [0.4, 0.5) is 11.6 Å². The number of hydrogen-bond donors (Lipinski definition) is 0. The lowest BCUT2D eigenvalue weighted by atomic mass is 10.1. The molecule has 0 aliphatic carbocycles. The van der Waals surface area contributed by atoms with Gasteiger partial charge in [0.15, 0.2) is 11.5 Å². The van der Waals surface area contributed by atoms with Crippen molar-refractivity contribution in [1.82, 2.24) is 14.9 Å². The van der Waals surface area contributed by atoms with Crippen molar-refractivity contribution in [2.24, 2.45) is 0 Å². The lowest BCUT2D eigenvalue weighted by Crippen LogP contribution is -2.49. The maximum atomic E-state index is 13.2. The molecule has 2 aromatic rings. The summed E-state index contributed by atoms with van der Waals surface area (Å²) < 4.78 is 16.2. The van der Waals surface area contributed by atoms with E-state index in [0.717, 1.165) is 30.5 Å². The van der Waals surface area contributed by atoms with Gasteiger partial charge in [0.1, 0.15) is 17.5 Å². The maximum absolute atomic E-state index is 13.2. The molecule has 0 saturated carbocycles. The average molecular weight is 456 g/mol. The summed E-state index contributed by atoms with van der Waals surface area (Å²) in [5, 5.41) is 0. The standard InChI is InChI=1S/C24H33N5O4/c1-17-25-21(27-8-6-5-7-9-27)16-22(26-17)28-10-12-29(13-11-28)24(30)18-14-19(31-2)23(33-4)20(15-18)32-3/h14-16H,5-13H2,1-4H3. The van der Waals surface area contributed by atoms with E-state index in [2.05, 4.69) is 25.8 Å². The molecule has 0 radical (unpaired) electrons. The van der Waals surface area contributed by atoms with E-state index in [4.69, 9.17) is 14.2 Å². The van der Waals surface area contributed by atoms with Crippen LogP contribution < -0.4 is 24.0 Å². The Hall–Kier alpha value is -3.23. The fourth-order valence-corrected chi connectivity index (χ4v) is 4.51. The molecule has 1 amide bonds. The largest absolute Gasteiger partial charge is 0.493 e. The maximum Gasteiger partial charge on any atom is 0.254 e. The number of aryl methyl sites for hydroxylation is 1. The van der Waals surface area contributed by atoms with Crippen molar-refractivity contribution in [3.63, 3.8) is 0 Å². The van der Waals surface area contributed by atoms with E-state index in [1.54, 1.807) is 33.5 Å². The Balaban J connectivity index is 1.46. The highest BCUT2D eigenvalue weighted by atomic mass is 16.5. The predicted octanol–water partition coefficient (Wildman–Crippen LogP) is 2.76. The van der Waals surface area contributed by atoms with Gasteiger partial charge in [-0.25, -0.2) is 9.97 Å². The molecule has 0 spiro atoms. The second kappa shape index (κ2) is 10.1. The molecular weight excluding hydrogens is 422 g/mol. The number of amides is 1. The highest BCUT2D eigenvalue weighted by Crippen LogP contribution is 2.38. The molecule has 0 unspecified atom stereocenters. The van der Waals surface area contributed by atoms with Crippen molar-refractivity contribution in [3.05, 3.63) is 29.6 Å². The van der Waals surface area contributed by atoms with Gasteiger partial charge < -0.3 is 28.9 Å². The van der Waals surface area contributed by atoms with Gasteiger partial charge in [-0.15, -0.1) is 0 Å². The first-order valence-electron chi connectivity index (χ1n) is 11.5. The van der Waals surface area contributed by atoms with Crippen LogP contribution in [0.15, 0.2) is 18.2 Å². The molecule has 1 aromatic carbocycles. The SMILES string of the molecule is COc1cc(C(=O)N2CCN(c3cc(N4CCCCC4)nc(C)n3)CC2)cc(OC)c1OC. The number of ether oxygens (including phenoxy) is 3. The molecule has 178 valence electrons. The van der Waals surface area contributed by atoms with Crippen molar-refractivity contribution >= 4 is 17.5 Å². The lowest BCUT2D eigenvalue weighted by molar-refractivity contribution is 0.0745. The molecule has 2 aliphatic rings. The van der Waals surface area contributed by atoms with E-state index in [-0.39, 0.29) is 5.91 Å². The predicted molar refractivity (Wildman–Crippen MR) is 127 cm³/mol. The van der Waals surface area contributed by atoms with Crippen molar-refractivity contribution in [2.45, 2.75) is 26.2 Å². The Morgan fingerprint density at radius 2 is 1.30 bits per heavy atom. The highest BCUT2D eigenvalue weighted by molar-refractivity contribution is 5.95. The van der Waals surface area contributed by atoms with E-state index in [1.165, 1.54) is 19.3 Å². The minimum atomic E-state index is -0.0539. The van der Waals surface area contributed by atoms with Crippen molar-refractivity contribution in [1.29, 1.82) is 0 Å². The molecule has 2 saturated heterocycles. The van der Waals surface area contributed by atoms with Crippen LogP contribution in [0.3, 0.4) is 0 Å². The molecule has 0 N–H and O–H groups in total. The zero-order valence-corrected chi connectivity index (χ0v) is 20.0. The average Bonchev–Trinajstić information content (AvgIpc) is 2.87. The van der Waals surface area contributed by atoms with Gasteiger partial charge >= 0.3 is 0 Å². The van der Waals surface area contributed by atoms with Gasteiger partial charge in [-0.1, -0.05) is 0 Å². The molecule has 33 heavy (non-hydrogen) atoms. The zero-order valence-electron chi connectivity index (χ0n) is 20.0. The number of hydrogen-bond acceptors (Lipinski definition) is 8. The third-order valence-corrected chi connectivity index (χ3v) is 6.29. The number of anilines is 2. The van der Waals surface area contributed by atoms with Crippen LogP contribution in [0, 0.1) is 6.92 Å². The Labute approximate surface area is 195 Å². The first-order chi connectivity index (χ1) is 16.0. The number of aromatic nitrogens is 2. The van der Waals surface area contributed by atoms with E-state index in [0.29, 0.717) is 49.0 Å². The van der Waals surface area contributed by atoms with E-state index >= 15 is 0 Å². The molecular formula is C24H33N5O4. The van der Waals surface area contributed by atoms with Crippen molar-refractivity contribution < 1.29 is 19.0 Å². The number of nitrogens with zero attached hydrogens (tertiary/aromatic N) is 5. The Morgan fingerprint density at radius 1 is 0.758 bits per heavy atom. The van der Waals surface area contributed by atoms with Gasteiger partial charge in [0.2, 0.25) is 5.75 Å². The second-order valence-corrected chi connectivity index (χ2v) is 8.37. The Kier molecular flexibility index (Phi) is 7.05. The summed E-state index contributed by atoms with van der Waals surface area (Å²) >= 11 is 0. The molecule has 0 atom stereocenters. The van der Waals surface area contributed by atoms with Gasteiger partial charge in [-0.3, -0.25) is 4.79 Å². The smallest absolute Gasteiger partial charge is 0.254 e. The van der Waals surface area contributed by atoms with E-state index < -0.39 is 0 Å². The van der Waals surface area contributed by atoms with Crippen LogP contribution in [0.2, 0.25) is 0 Å². The highest BCUT2D eigenvalue weighted by Gasteiger charge is 2.26. The number of rotatable bonds is 6. The summed E-state index contributed by atoms with van der Waals surface area (Å²) in [5.74, 6) is 4.09. The Morgan fingerprint density at radius 3 is 1.82 bits per heavy atom. The van der Waals surface area contributed by atoms with Crippen molar-refractivity contribution in [3.8, 4) is 17.2 Å². The minimum absolute atomic E-state index is 0.0539. The molecule has 2 fully saturated rings. The first-order valence-corrected chi connectivity index (χ1v) is 11.5. The third kappa shape index (κ3) is 4.91. The number of carbonyl (C=O) groups is 1. The van der Waals surface area contributed by atoms with Gasteiger partial charge in [-0.2, -0.15) is 0 Å². The fourth-order valence-electron chi connectivity index (χ4n) is 4.51. The van der Waals surface area contributed by atoms with Gasteiger partial charge in [0.25, 0.3) is 5.91 Å². The summed E-state index contributed by atoms with van der Waals surface area (Å²) in [4.78, 5) is 29.0. The van der Waals surface area contributed by atoms with Crippen LogP contribution in [0.25, 0.3) is 0 Å². The van der Waals surface area contributed by atoms with Gasteiger partial charge in [0, 0.05) is 50.9 Å². The lowest BCUT2D eigenvalue weighted by Gasteiger charge is -2.36. The molecule has 3 heterocycles. The van der Waals surface area contributed by atoms with E-state index in [1.807, 2.05) is 11.8 Å². The number of methoxy groups -OCH3 is 3. The molecule has 0 bridgehead atoms. The topological polar surface area (TPSA) is 80.3 Å². The number of benzene rings is 1. The minimum Gasteiger partial charge on any atom is -0.493 e. The summed E-state index contributed by atoms with van der Waals surface area (Å²) in [5.41, 5.74) is 0.517. The summed E-state index contributed by atoms with van der Waals surface area (Å²) in [6.07, 6.45) is 3.70. The van der Waals surface area contributed by atoms with Crippen LogP contribution in [-0.4, -0.2) is 81.4 Å². The van der Waals surface area contributed by atoms with Crippen LogP contribution in [0.1, 0.15) is 35.4 Å². The van der Waals surface area contributed by atoms with E-state index in [9.17, 15) is 4.79 Å². The number of piperazine rings is 1. The van der Waals surface area contributed by atoms with Crippen LogP contribution in [-0.2, 0) is 0 Å². The summed E-state index contributed by atoms with van der Waals surface area (Å²) in [6.45, 7) is 6.69. The molecule has 9 nitrogen and oxygen atoms in total. The van der Waals surface area contributed by atoms with Crippen molar-refractivity contribution in [2.75, 3.05) is 70.4 Å². The number of carbonyl (C=O) groups excluding carboxylic acids is 1. The first kappa shape index (κ1) is 22.9. The molecule has 2 aliphatic heterocycles. The zero-order chi connectivity index (χ0) is 23.4. The monoisotopic (exact) mass is 455 g/mol. The quantitative estimate of drug-likeness (QED) is 0.658. The summed E-state index contributed by atoms with van der Waals surface area (Å²) in [6, 6.07) is 5.50. The molecule has 9 heteroatoms. The van der Waals surface area contributed by atoms with Crippen LogP contribution in [0.5, 0.6) is 17.2 Å².